The number of carbonyl (C=O) groups excluding carboxylic acids is 2. The molecule has 0 bridgehead atoms. The van der Waals surface area contributed by atoms with Crippen molar-refractivity contribution in [1.29, 1.82) is 0 Å². The average Bonchev–Trinajstić information content (AvgIpc) is 2.78. The monoisotopic (exact) mass is 431 g/mol. The maximum atomic E-state index is 12.2. The van der Waals surface area contributed by atoms with Gasteiger partial charge in [0.15, 0.2) is 5.78 Å². The predicted molar refractivity (Wildman–Crippen MR) is 124 cm³/mol. The maximum Gasteiger partial charge on any atom is 0.193 e. The lowest BCUT2D eigenvalue weighted by Crippen LogP contribution is -2.29. The molecule has 6 heteroatoms. The molecule has 0 aromatic heterocycles. The molecule has 5 nitrogen and oxygen atoms in total. The Morgan fingerprint density at radius 2 is 1.73 bits per heavy atom. The number of rotatable bonds is 11. The van der Waals surface area contributed by atoms with Crippen molar-refractivity contribution in [2.24, 2.45) is 5.92 Å². The van der Waals surface area contributed by atoms with E-state index in [9.17, 15) is 9.59 Å². The first-order chi connectivity index (χ1) is 14.4. The van der Waals surface area contributed by atoms with Gasteiger partial charge in [-0.1, -0.05) is 69.3 Å². The highest BCUT2D eigenvalue weighted by Crippen LogP contribution is 2.17. The van der Waals surface area contributed by atoms with Gasteiger partial charge in [-0.15, -0.1) is 0 Å². The largest absolute Gasteiger partial charge is 0.316 e. The van der Waals surface area contributed by atoms with Crippen LogP contribution in [0.4, 0.5) is 0 Å². The number of ketones is 1. The van der Waals surface area contributed by atoms with Crippen LogP contribution in [0.25, 0.3) is 0 Å². The Balaban J connectivity index is 0.000000329. The molecule has 2 unspecified atom stereocenters. The van der Waals surface area contributed by atoms with E-state index in [2.05, 4.69) is 24.1 Å². The summed E-state index contributed by atoms with van der Waals surface area (Å²) in [6.07, 6.45) is 2.04. The molecule has 2 atom stereocenters. The van der Waals surface area contributed by atoms with Crippen LogP contribution in [0.15, 0.2) is 54.6 Å². The fraction of sp³-hybridized carbons (Fsp3) is 0.417. The fourth-order valence-electron chi connectivity index (χ4n) is 2.79. The molecule has 0 aliphatic carbocycles. The first-order valence-electron chi connectivity index (χ1n) is 10.1. The second kappa shape index (κ2) is 14.9. The summed E-state index contributed by atoms with van der Waals surface area (Å²) >= 11 is 1.34. The SMILES string of the molecule is CC(C=O)c1cccc(C(=O)c2ccccc2)c1.CNC(CSOOC)CC(C)C. The lowest BCUT2D eigenvalue weighted by molar-refractivity contribution is -0.160. The zero-order valence-corrected chi connectivity index (χ0v) is 19.3. The van der Waals surface area contributed by atoms with Gasteiger partial charge in [-0.25, -0.2) is 4.89 Å². The van der Waals surface area contributed by atoms with Crippen LogP contribution in [0.3, 0.4) is 0 Å². The van der Waals surface area contributed by atoms with Crippen LogP contribution < -0.4 is 5.32 Å². The molecule has 2 rings (SSSR count). The first kappa shape index (κ1) is 26.0. The van der Waals surface area contributed by atoms with Gasteiger partial charge in [0.25, 0.3) is 0 Å². The van der Waals surface area contributed by atoms with Crippen molar-refractivity contribution in [2.75, 3.05) is 19.9 Å². The van der Waals surface area contributed by atoms with Gasteiger partial charge in [0.2, 0.25) is 0 Å². The summed E-state index contributed by atoms with van der Waals surface area (Å²) in [5, 5.41) is 3.24. The summed E-state index contributed by atoms with van der Waals surface area (Å²) in [7, 11) is 3.49. The fourth-order valence-corrected chi connectivity index (χ4v) is 3.41. The summed E-state index contributed by atoms with van der Waals surface area (Å²) in [5.41, 5.74) is 2.15. The number of hydrogen-bond donors (Lipinski definition) is 1. The van der Waals surface area contributed by atoms with Gasteiger partial charge in [0, 0.05) is 40.9 Å². The van der Waals surface area contributed by atoms with Crippen molar-refractivity contribution in [3.8, 4) is 0 Å². The van der Waals surface area contributed by atoms with E-state index in [0.29, 0.717) is 23.1 Å². The number of benzene rings is 2. The molecule has 2 aromatic carbocycles. The van der Waals surface area contributed by atoms with Crippen molar-refractivity contribution >= 4 is 24.1 Å². The molecule has 0 aliphatic rings. The Kier molecular flexibility index (Phi) is 12.9. The minimum Gasteiger partial charge on any atom is -0.316 e. The zero-order chi connectivity index (χ0) is 22.4. The van der Waals surface area contributed by atoms with Gasteiger partial charge in [-0.05, 0) is 31.0 Å². The quantitative estimate of drug-likeness (QED) is 0.134. The molecule has 0 amide bonds. The highest BCUT2D eigenvalue weighted by Gasteiger charge is 2.11. The van der Waals surface area contributed by atoms with E-state index >= 15 is 0 Å². The number of hydrogen-bond acceptors (Lipinski definition) is 6. The van der Waals surface area contributed by atoms with E-state index in [0.717, 1.165) is 24.0 Å². The van der Waals surface area contributed by atoms with Crippen LogP contribution in [0.1, 0.15) is 54.6 Å². The van der Waals surface area contributed by atoms with Crippen LogP contribution in [0.5, 0.6) is 0 Å². The molecule has 0 heterocycles. The van der Waals surface area contributed by atoms with E-state index < -0.39 is 0 Å². The number of carbonyl (C=O) groups is 2. The topological polar surface area (TPSA) is 64.6 Å². The molecule has 0 radical (unpaired) electrons. The van der Waals surface area contributed by atoms with Crippen molar-refractivity contribution in [2.45, 2.75) is 39.2 Å². The molecular formula is C24H33NO4S. The molecule has 30 heavy (non-hydrogen) atoms. The average molecular weight is 432 g/mol. The molecular weight excluding hydrogens is 398 g/mol. The highest BCUT2D eigenvalue weighted by atomic mass is 32.2. The molecule has 0 aliphatic heterocycles. The van der Waals surface area contributed by atoms with Crippen molar-refractivity contribution in [3.05, 3.63) is 71.3 Å². The second-order valence-electron chi connectivity index (χ2n) is 7.38. The normalized spacial score (nSPS) is 12.6. The van der Waals surface area contributed by atoms with Crippen LogP contribution in [-0.2, 0) is 14.0 Å². The molecule has 1 N–H and O–H groups in total. The molecule has 2 aromatic rings. The van der Waals surface area contributed by atoms with Gasteiger partial charge in [-0.3, -0.25) is 4.79 Å². The summed E-state index contributed by atoms with van der Waals surface area (Å²) in [6.45, 7) is 6.25. The number of aldehydes is 1. The number of nitrogens with one attached hydrogen (secondary N) is 1. The van der Waals surface area contributed by atoms with Gasteiger partial charge < -0.3 is 10.1 Å². The summed E-state index contributed by atoms with van der Waals surface area (Å²) in [4.78, 5) is 27.5. The minimum atomic E-state index is -0.187. The predicted octanol–water partition coefficient (Wildman–Crippen LogP) is 5.07. The van der Waals surface area contributed by atoms with Crippen LogP contribution in [-0.4, -0.2) is 38.0 Å². The minimum absolute atomic E-state index is 0.0180. The van der Waals surface area contributed by atoms with E-state index in [4.69, 9.17) is 4.33 Å². The smallest absolute Gasteiger partial charge is 0.193 e. The second-order valence-corrected chi connectivity index (χ2v) is 8.08. The summed E-state index contributed by atoms with van der Waals surface area (Å²) in [5.74, 6) is 1.43. The molecule has 0 spiro atoms. The van der Waals surface area contributed by atoms with Gasteiger partial charge in [0.1, 0.15) is 6.29 Å². The molecule has 164 valence electrons. The van der Waals surface area contributed by atoms with Crippen LogP contribution >= 0.6 is 12.0 Å². The van der Waals surface area contributed by atoms with Gasteiger partial charge >= 0.3 is 0 Å². The highest BCUT2D eigenvalue weighted by molar-refractivity contribution is 7.94. The van der Waals surface area contributed by atoms with Gasteiger partial charge in [-0.2, -0.15) is 4.33 Å². The van der Waals surface area contributed by atoms with E-state index in [1.165, 1.54) is 19.2 Å². The Labute approximate surface area is 184 Å². The summed E-state index contributed by atoms with van der Waals surface area (Å²) in [6, 6.07) is 16.9. The third-order valence-electron chi connectivity index (χ3n) is 4.46. The Bertz CT molecular complexity index is 752. The summed E-state index contributed by atoms with van der Waals surface area (Å²) < 4.78 is 4.72. The van der Waals surface area contributed by atoms with Crippen molar-refractivity contribution in [1.82, 2.24) is 5.32 Å². The third-order valence-corrected chi connectivity index (χ3v) is 5.24. The third kappa shape index (κ3) is 9.67. The molecule has 0 fully saturated rings. The lowest BCUT2D eigenvalue weighted by Gasteiger charge is -2.16. The maximum absolute atomic E-state index is 12.2. The van der Waals surface area contributed by atoms with Crippen LogP contribution in [0, 0.1) is 5.92 Å². The zero-order valence-electron chi connectivity index (χ0n) is 18.5. The van der Waals surface area contributed by atoms with E-state index in [-0.39, 0.29) is 11.7 Å². The van der Waals surface area contributed by atoms with E-state index in [1.807, 2.05) is 44.3 Å². The van der Waals surface area contributed by atoms with Crippen molar-refractivity contribution < 1.29 is 18.8 Å². The van der Waals surface area contributed by atoms with Crippen molar-refractivity contribution in [3.63, 3.8) is 0 Å². The molecule has 0 saturated carbocycles. The Hall–Kier alpha value is -1.99. The van der Waals surface area contributed by atoms with Crippen LogP contribution in [0.2, 0.25) is 0 Å². The lowest BCUT2D eigenvalue weighted by atomic mass is 9.96. The molecule has 0 saturated heterocycles. The standard InChI is InChI=1S/C16H14O2.C8H19NO2S/c1-12(11-17)14-8-5-9-15(10-14)16(18)13-6-3-2-4-7-13;1-7(2)5-8(9-3)6-12-11-10-4/h2-12H,1H3;7-9H,5-6H2,1-4H3. The first-order valence-corrected chi connectivity index (χ1v) is 11.0. The van der Waals surface area contributed by atoms with E-state index in [1.54, 1.807) is 24.3 Å². The van der Waals surface area contributed by atoms with Gasteiger partial charge in [0.05, 0.1) is 7.11 Å². The Morgan fingerprint density at radius 1 is 1.07 bits per heavy atom. The Morgan fingerprint density at radius 3 is 2.30 bits per heavy atom.